The summed E-state index contributed by atoms with van der Waals surface area (Å²) in [6, 6.07) is 13.1. The molecule has 2 amide bonds. The SMILES string of the molecule is Cc1cccc(NC(=O)c2nc(C(=O)N3CCCCC3)c3ccccn23)c1. The lowest BCUT2D eigenvalue weighted by Gasteiger charge is -2.25. The first-order valence-electron chi connectivity index (χ1n) is 9.28. The average Bonchev–Trinajstić information content (AvgIpc) is 3.08. The molecule has 1 aliphatic heterocycles. The summed E-state index contributed by atoms with van der Waals surface area (Å²) in [5.74, 6) is -0.222. The van der Waals surface area contributed by atoms with Crippen LogP contribution in [0.15, 0.2) is 48.7 Å². The number of fused-ring (bicyclic) bond motifs is 1. The first-order chi connectivity index (χ1) is 13.1. The molecule has 27 heavy (non-hydrogen) atoms. The lowest BCUT2D eigenvalue weighted by Crippen LogP contribution is -2.36. The Hall–Kier alpha value is -3.15. The summed E-state index contributed by atoms with van der Waals surface area (Å²) in [6.07, 6.45) is 4.94. The number of amides is 2. The van der Waals surface area contributed by atoms with Gasteiger partial charge in [-0.2, -0.15) is 0 Å². The van der Waals surface area contributed by atoms with Crippen LogP contribution in [-0.4, -0.2) is 39.2 Å². The van der Waals surface area contributed by atoms with Crippen molar-refractivity contribution in [3.8, 4) is 0 Å². The molecular weight excluding hydrogens is 340 g/mol. The van der Waals surface area contributed by atoms with Crippen molar-refractivity contribution in [3.63, 3.8) is 0 Å². The van der Waals surface area contributed by atoms with Crippen LogP contribution in [0.4, 0.5) is 5.69 Å². The largest absolute Gasteiger partial charge is 0.337 e. The minimum absolute atomic E-state index is 0.104. The second-order valence-electron chi connectivity index (χ2n) is 6.92. The van der Waals surface area contributed by atoms with E-state index in [0.717, 1.165) is 37.9 Å². The fourth-order valence-electron chi connectivity index (χ4n) is 3.51. The molecule has 6 heteroatoms. The highest BCUT2D eigenvalue weighted by atomic mass is 16.2. The molecule has 6 nitrogen and oxygen atoms in total. The number of hydrogen-bond acceptors (Lipinski definition) is 3. The van der Waals surface area contributed by atoms with Gasteiger partial charge in [0.2, 0.25) is 5.82 Å². The normalized spacial score (nSPS) is 14.3. The number of rotatable bonds is 3. The van der Waals surface area contributed by atoms with Crippen LogP contribution in [0.1, 0.15) is 45.9 Å². The maximum absolute atomic E-state index is 13.0. The molecule has 1 aromatic carbocycles. The lowest BCUT2D eigenvalue weighted by atomic mass is 10.1. The van der Waals surface area contributed by atoms with Gasteiger partial charge in [0.25, 0.3) is 11.8 Å². The second kappa shape index (κ2) is 7.23. The maximum Gasteiger partial charge on any atom is 0.292 e. The number of anilines is 1. The molecule has 1 saturated heterocycles. The number of aryl methyl sites for hydroxylation is 1. The summed E-state index contributed by atoms with van der Waals surface area (Å²) in [5.41, 5.74) is 2.76. The molecule has 138 valence electrons. The fraction of sp³-hybridized carbons (Fsp3) is 0.286. The van der Waals surface area contributed by atoms with E-state index in [4.69, 9.17) is 0 Å². The van der Waals surface area contributed by atoms with Crippen LogP contribution in [-0.2, 0) is 0 Å². The fourth-order valence-corrected chi connectivity index (χ4v) is 3.51. The topological polar surface area (TPSA) is 66.7 Å². The highest BCUT2D eigenvalue weighted by molar-refractivity contribution is 6.06. The molecule has 3 aromatic rings. The van der Waals surface area contributed by atoms with E-state index in [-0.39, 0.29) is 17.6 Å². The molecule has 0 radical (unpaired) electrons. The number of carbonyl (C=O) groups excluding carboxylic acids is 2. The van der Waals surface area contributed by atoms with Crippen molar-refractivity contribution >= 4 is 23.0 Å². The van der Waals surface area contributed by atoms with E-state index in [1.165, 1.54) is 0 Å². The van der Waals surface area contributed by atoms with Crippen molar-refractivity contribution in [2.24, 2.45) is 0 Å². The van der Waals surface area contributed by atoms with E-state index < -0.39 is 0 Å². The third kappa shape index (κ3) is 3.43. The smallest absolute Gasteiger partial charge is 0.292 e. The Balaban J connectivity index is 1.69. The van der Waals surface area contributed by atoms with E-state index >= 15 is 0 Å². The summed E-state index contributed by atoms with van der Waals surface area (Å²) < 4.78 is 1.68. The first kappa shape index (κ1) is 17.3. The predicted octanol–water partition coefficient (Wildman–Crippen LogP) is 3.52. The van der Waals surface area contributed by atoms with E-state index in [0.29, 0.717) is 16.9 Å². The number of hydrogen-bond donors (Lipinski definition) is 1. The van der Waals surface area contributed by atoms with E-state index in [9.17, 15) is 9.59 Å². The number of likely N-dealkylation sites (tertiary alicyclic amines) is 1. The van der Waals surface area contributed by atoms with Gasteiger partial charge in [0.15, 0.2) is 5.69 Å². The third-order valence-electron chi connectivity index (χ3n) is 4.87. The van der Waals surface area contributed by atoms with Crippen molar-refractivity contribution in [3.05, 3.63) is 65.7 Å². The Morgan fingerprint density at radius 1 is 1.04 bits per heavy atom. The minimum atomic E-state index is -0.334. The van der Waals surface area contributed by atoms with Crippen molar-refractivity contribution in [1.29, 1.82) is 0 Å². The molecule has 0 aliphatic carbocycles. The van der Waals surface area contributed by atoms with Gasteiger partial charge >= 0.3 is 0 Å². The minimum Gasteiger partial charge on any atom is -0.337 e. The first-order valence-corrected chi connectivity index (χ1v) is 9.28. The highest BCUT2D eigenvalue weighted by Crippen LogP contribution is 2.19. The number of nitrogens with one attached hydrogen (secondary N) is 1. The van der Waals surface area contributed by atoms with Crippen LogP contribution in [0.3, 0.4) is 0 Å². The number of carbonyl (C=O) groups is 2. The molecule has 0 bridgehead atoms. The van der Waals surface area contributed by atoms with Crippen LogP contribution in [0.25, 0.3) is 5.52 Å². The lowest BCUT2D eigenvalue weighted by molar-refractivity contribution is 0.0721. The van der Waals surface area contributed by atoms with Gasteiger partial charge in [-0.15, -0.1) is 0 Å². The molecule has 0 unspecified atom stereocenters. The Labute approximate surface area is 157 Å². The van der Waals surface area contributed by atoms with Gasteiger partial charge in [0.1, 0.15) is 0 Å². The van der Waals surface area contributed by atoms with Gasteiger partial charge < -0.3 is 10.2 Å². The van der Waals surface area contributed by atoms with Crippen LogP contribution < -0.4 is 5.32 Å². The van der Waals surface area contributed by atoms with Crippen LogP contribution in [0.5, 0.6) is 0 Å². The van der Waals surface area contributed by atoms with Crippen molar-refractivity contribution in [2.75, 3.05) is 18.4 Å². The molecule has 2 aromatic heterocycles. The van der Waals surface area contributed by atoms with Gasteiger partial charge in [-0.1, -0.05) is 18.2 Å². The Bertz CT molecular complexity index is 1000. The third-order valence-corrected chi connectivity index (χ3v) is 4.87. The molecule has 3 heterocycles. The Morgan fingerprint density at radius 2 is 1.85 bits per heavy atom. The second-order valence-corrected chi connectivity index (χ2v) is 6.92. The van der Waals surface area contributed by atoms with Gasteiger partial charge in [0, 0.05) is 25.0 Å². The van der Waals surface area contributed by atoms with Gasteiger partial charge in [-0.05, 0) is 56.0 Å². The average molecular weight is 362 g/mol. The van der Waals surface area contributed by atoms with Crippen LogP contribution in [0, 0.1) is 6.92 Å². The molecule has 4 rings (SSSR count). The summed E-state index contributed by atoms with van der Waals surface area (Å²) in [7, 11) is 0. The molecule has 1 N–H and O–H groups in total. The van der Waals surface area contributed by atoms with Crippen LogP contribution >= 0.6 is 0 Å². The van der Waals surface area contributed by atoms with Crippen LogP contribution in [0.2, 0.25) is 0 Å². The summed E-state index contributed by atoms with van der Waals surface area (Å²) in [5, 5.41) is 2.88. The zero-order chi connectivity index (χ0) is 18.8. The molecule has 0 atom stereocenters. The van der Waals surface area contributed by atoms with E-state index in [2.05, 4.69) is 10.3 Å². The zero-order valence-corrected chi connectivity index (χ0v) is 15.3. The van der Waals surface area contributed by atoms with Crippen molar-refractivity contribution in [2.45, 2.75) is 26.2 Å². The van der Waals surface area contributed by atoms with Gasteiger partial charge in [0.05, 0.1) is 5.52 Å². The number of nitrogens with zero attached hydrogens (tertiary/aromatic N) is 3. The maximum atomic E-state index is 13.0. The molecule has 1 aliphatic rings. The standard InChI is InChI=1S/C21H22N4O2/c1-15-8-7-9-16(14-15)22-20(26)19-23-18(17-10-3-6-13-25(17)19)21(27)24-11-4-2-5-12-24/h3,6-10,13-14H,2,4-5,11-12H2,1H3,(H,22,26). The number of aromatic nitrogens is 2. The number of imidazole rings is 1. The van der Waals surface area contributed by atoms with Gasteiger partial charge in [-0.3, -0.25) is 14.0 Å². The van der Waals surface area contributed by atoms with Crippen molar-refractivity contribution in [1.82, 2.24) is 14.3 Å². The molecule has 1 fully saturated rings. The highest BCUT2D eigenvalue weighted by Gasteiger charge is 2.26. The summed E-state index contributed by atoms with van der Waals surface area (Å²) in [6.45, 7) is 3.46. The quantitative estimate of drug-likeness (QED) is 0.775. The molecule has 0 spiro atoms. The number of pyridine rings is 1. The predicted molar refractivity (Wildman–Crippen MR) is 104 cm³/mol. The number of benzene rings is 1. The Kier molecular flexibility index (Phi) is 4.62. The zero-order valence-electron chi connectivity index (χ0n) is 15.3. The summed E-state index contributed by atoms with van der Waals surface area (Å²) in [4.78, 5) is 32.1. The summed E-state index contributed by atoms with van der Waals surface area (Å²) >= 11 is 0. The van der Waals surface area contributed by atoms with Crippen molar-refractivity contribution < 1.29 is 9.59 Å². The molecular formula is C21H22N4O2. The van der Waals surface area contributed by atoms with E-state index in [1.54, 1.807) is 10.6 Å². The molecule has 0 saturated carbocycles. The van der Waals surface area contributed by atoms with Gasteiger partial charge in [-0.25, -0.2) is 4.98 Å². The Morgan fingerprint density at radius 3 is 2.63 bits per heavy atom. The number of piperidine rings is 1. The van der Waals surface area contributed by atoms with E-state index in [1.807, 2.05) is 54.3 Å². The monoisotopic (exact) mass is 362 g/mol.